The van der Waals surface area contributed by atoms with E-state index in [0.29, 0.717) is 5.17 Å². The second kappa shape index (κ2) is 7.61. The number of aliphatic imine (C=N–C) groups is 1. The van der Waals surface area contributed by atoms with Gasteiger partial charge in [0.25, 0.3) is 5.91 Å². The molecule has 0 radical (unpaired) electrons. The maximum atomic E-state index is 12.1. The first-order valence-electron chi connectivity index (χ1n) is 8.31. The summed E-state index contributed by atoms with van der Waals surface area (Å²) in [5.74, 6) is -1.70. The van der Waals surface area contributed by atoms with Gasteiger partial charge in [-0.2, -0.15) is 4.99 Å². The molecule has 0 aromatic heterocycles. The van der Waals surface area contributed by atoms with Crippen LogP contribution in [0.25, 0.3) is 0 Å². The van der Waals surface area contributed by atoms with E-state index in [1.165, 1.54) is 11.8 Å². The molecule has 3 rings (SSSR count). The molecule has 27 heavy (non-hydrogen) atoms. The minimum absolute atomic E-state index is 0.0142. The highest BCUT2D eigenvalue weighted by Gasteiger charge is 2.49. The lowest BCUT2D eigenvalue weighted by Crippen LogP contribution is -2.37. The van der Waals surface area contributed by atoms with Gasteiger partial charge >= 0.3 is 5.97 Å². The summed E-state index contributed by atoms with van der Waals surface area (Å²) < 4.78 is 28.9. The Morgan fingerprint density at radius 2 is 2.00 bits per heavy atom. The lowest BCUT2D eigenvalue weighted by atomic mass is 10.1. The average molecular weight is 412 g/mol. The standard InChI is InChI=1S/C17H20N2O6S2/c1-10-3-4-12(5-11(10)2)19-13-8-27(23,24)9-14(13)26-17(19)18-15(20)6-25-7-16(21)22/h3-5,13-14H,6-9H2,1-2H3,(H,21,22)/t13-,14+/m0/s1. The zero-order valence-corrected chi connectivity index (χ0v) is 16.5. The summed E-state index contributed by atoms with van der Waals surface area (Å²) in [6.45, 7) is 2.94. The van der Waals surface area contributed by atoms with Crippen LogP contribution in [-0.4, -0.2) is 66.6 Å². The third-order valence-electron chi connectivity index (χ3n) is 4.51. The number of carboxylic acid groups (broad SMARTS) is 1. The maximum absolute atomic E-state index is 12.1. The van der Waals surface area contributed by atoms with Crippen LogP contribution in [-0.2, 0) is 24.2 Å². The average Bonchev–Trinajstić information content (AvgIpc) is 3.00. The van der Waals surface area contributed by atoms with Crippen molar-refractivity contribution in [3.63, 3.8) is 0 Å². The normalized spacial score (nSPS) is 25.0. The molecule has 10 heteroatoms. The lowest BCUT2D eigenvalue weighted by molar-refractivity contribution is -0.143. The highest BCUT2D eigenvalue weighted by molar-refractivity contribution is 8.16. The van der Waals surface area contributed by atoms with Crippen LogP contribution in [0.3, 0.4) is 0 Å². The first kappa shape index (κ1) is 19.8. The summed E-state index contributed by atoms with van der Waals surface area (Å²) in [7, 11) is -3.13. The summed E-state index contributed by atoms with van der Waals surface area (Å²) in [6.07, 6.45) is 0. The SMILES string of the molecule is Cc1ccc(N2C(=NC(=O)COCC(=O)O)S[C@@H]3CS(=O)(=O)C[C@@H]32)cc1C. The minimum Gasteiger partial charge on any atom is -0.480 e. The highest BCUT2D eigenvalue weighted by atomic mass is 32.2. The van der Waals surface area contributed by atoms with Gasteiger partial charge < -0.3 is 14.7 Å². The van der Waals surface area contributed by atoms with E-state index < -0.39 is 34.9 Å². The minimum atomic E-state index is -3.13. The number of aryl methyl sites for hydroxylation is 2. The number of carbonyl (C=O) groups excluding carboxylic acids is 1. The zero-order valence-electron chi connectivity index (χ0n) is 14.9. The Morgan fingerprint density at radius 3 is 2.67 bits per heavy atom. The zero-order chi connectivity index (χ0) is 19.8. The predicted octanol–water partition coefficient (Wildman–Crippen LogP) is 1.01. The molecule has 0 aliphatic carbocycles. The molecule has 1 amide bonds. The fourth-order valence-corrected chi connectivity index (χ4v) is 7.04. The Bertz CT molecular complexity index is 912. The fourth-order valence-electron chi connectivity index (χ4n) is 3.11. The second-order valence-electron chi connectivity index (χ2n) is 6.61. The van der Waals surface area contributed by atoms with E-state index in [1.807, 2.05) is 32.0 Å². The molecule has 2 aliphatic rings. The van der Waals surface area contributed by atoms with Gasteiger partial charge in [-0.3, -0.25) is 4.79 Å². The Kier molecular flexibility index (Phi) is 5.59. The van der Waals surface area contributed by atoms with Crippen molar-refractivity contribution >= 4 is 44.3 Å². The molecular weight excluding hydrogens is 392 g/mol. The molecule has 1 aromatic rings. The summed E-state index contributed by atoms with van der Waals surface area (Å²) in [4.78, 5) is 28.4. The van der Waals surface area contributed by atoms with Crippen LogP contribution < -0.4 is 4.90 Å². The number of amidine groups is 1. The monoisotopic (exact) mass is 412 g/mol. The topological polar surface area (TPSA) is 113 Å². The molecule has 0 spiro atoms. The Hall–Kier alpha value is -1.91. The molecule has 0 bridgehead atoms. The number of nitrogens with zero attached hydrogens (tertiary/aromatic N) is 2. The van der Waals surface area contributed by atoms with Crippen LogP contribution in [0.1, 0.15) is 11.1 Å². The van der Waals surface area contributed by atoms with Crippen molar-refractivity contribution < 1.29 is 27.9 Å². The molecule has 1 N–H and O–H groups in total. The van der Waals surface area contributed by atoms with Gasteiger partial charge in [-0.25, -0.2) is 13.2 Å². The number of anilines is 1. The number of rotatable bonds is 5. The molecular formula is C17H20N2O6S2. The van der Waals surface area contributed by atoms with Crippen molar-refractivity contribution in [2.75, 3.05) is 29.6 Å². The Balaban J connectivity index is 1.88. The van der Waals surface area contributed by atoms with E-state index in [9.17, 15) is 18.0 Å². The summed E-state index contributed by atoms with van der Waals surface area (Å²) in [6, 6.07) is 5.50. The van der Waals surface area contributed by atoms with Gasteiger partial charge in [-0.05, 0) is 37.1 Å². The van der Waals surface area contributed by atoms with Crippen molar-refractivity contribution in [1.82, 2.24) is 0 Å². The number of carboxylic acids is 1. The van der Waals surface area contributed by atoms with Crippen molar-refractivity contribution in [1.29, 1.82) is 0 Å². The number of thioether (sulfide) groups is 1. The number of carbonyl (C=O) groups is 2. The molecule has 2 fully saturated rings. The smallest absolute Gasteiger partial charge is 0.329 e. The van der Waals surface area contributed by atoms with Crippen molar-refractivity contribution in [2.45, 2.75) is 25.1 Å². The van der Waals surface area contributed by atoms with E-state index in [0.717, 1.165) is 16.8 Å². The third-order valence-corrected chi connectivity index (χ3v) is 7.72. The van der Waals surface area contributed by atoms with Crippen LogP contribution in [0, 0.1) is 13.8 Å². The van der Waals surface area contributed by atoms with E-state index in [-0.39, 0.29) is 22.8 Å². The van der Waals surface area contributed by atoms with Gasteiger partial charge in [0.05, 0.1) is 17.5 Å². The van der Waals surface area contributed by atoms with Crippen LogP contribution in [0.2, 0.25) is 0 Å². The van der Waals surface area contributed by atoms with Crippen LogP contribution in [0.5, 0.6) is 0 Å². The van der Waals surface area contributed by atoms with E-state index in [2.05, 4.69) is 4.99 Å². The molecule has 2 saturated heterocycles. The molecule has 8 nitrogen and oxygen atoms in total. The first-order chi connectivity index (χ1) is 12.7. The predicted molar refractivity (Wildman–Crippen MR) is 103 cm³/mol. The number of benzene rings is 1. The van der Waals surface area contributed by atoms with Crippen molar-refractivity contribution in [3.05, 3.63) is 29.3 Å². The van der Waals surface area contributed by atoms with Crippen LogP contribution >= 0.6 is 11.8 Å². The largest absolute Gasteiger partial charge is 0.480 e. The Morgan fingerprint density at radius 1 is 1.26 bits per heavy atom. The van der Waals surface area contributed by atoms with E-state index >= 15 is 0 Å². The van der Waals surface area contributed by atoms with Gasteiger partial charge in [0.15, 0.2) is 15.0 Å². The van der Waals surface area contributed by atoms with Gasteiger partial charge in [-0.1, -0.05) is 17.8 Å². The molecule has 2 heterocycles. The molecule has 146 valence electrons. The second-order valence-corrected chi connectivity index (χ2v) is 9.97. The molecule has 1 aromatic carbocycles. The van der Waals surface area contributed by atoms with Crippen LogP contribution in [0.4, 0.5) is 5.69 Å². The number of amides is 1. The van der Waals surface area contributed by atoms with Gasteiger partial charge in [0, 0.05) is 10.9 Å². The van der Waals surface area contributed by atoms with Crippen LogP contribution in [0.15, 0.2) is 23.2 Å². The number of hydrogen-bond donors (Lipinski definition) is 1. The van der Waals surface area contributed by atoms with E-state index in [4.69, 9.17) is 9.84 Å². The Labute approximate surface area is 161 Å². The molecule has 2 aliphatic heterocycles. The third kappa shape index (κ3) is 4.50. The highest BCUT2D eigenvalue weighted by Crippen LogP contribution is 2.41. The van der Waals surface area contributed by atoms with Gasteiger partial charge in [0.2, 0.25) is 0 Å². The number of aliphatic carboxylic acids is 1. The van der Waals surface area contributed by atoms with Crippen molar-refractivity contribution in [2.24, 2.45) is 4.99 Å². The summed E-state index contributed by atoms with van der Waals surface area (Å²) >= 11 is 1.27. The fraction of sp³-hybridized carbons (Fsp3) is 0.471. The first-order valence-corrected chi connectivity index (χ1v) is 11.0. The summed E-state index contributed by atoms with van der Waals surface area (Å²) in [5, 5.41) is 8.80. The molecule has 0 unspecified atom stereocenters. The molecule has 0 saturated carbocycles. The summed E-state index contributed by atoms with van der Waals surface area (Å²) in [5.41, 5.74) is 2.95. The quantitative estimate of drug-likeness (QED) is 0.762. The maximum Gasteiger partial charge on any atom is 0.329 e. The molecule has 2 atom stereocenters. The van der Waals surface area contributed by atoms with Gasteiger partial charge in [-0.15, -0.1) is 0 Å². The van der Waals surface area contributed by atoms with E-state index in [1.54, 1.807) is 4.90 Å². The van der Waals surface area contributed by atoms with Gasteiger partial charge in [0.1, 0.15) is 13.2 Å². The lowest BCUT2D eigenvalue weighted by Gasteiger charge is -2.25. The number of hydrogen-bond acceptors (Lipinski definition) is 6. The number of fused-ring (bicyclic) bond motifs is 1. The number of sulfone groups is 1. The van der Waals surface area contributed by atoms with Crippen molar-refractivity contribution in [3.8, 4) is 0 Å². The number of ether oxygens (including phenoxy) is 1.